The minimum absolute atomic E-state index is 0.179. The van der Waals surface area contributed by atoms with Gasteiger partial charge in [-0.25, -0.2) is 4.98 Å². The van der Waals surface area contributed by atoms with Crippen LogP contribution in [0.25, 0.3) is 4.96 Å². The predicted octanol–water partition coefficient (Wildman–Crippen LogP) is 2.38. The number of aromatic nitrogens is 2. The van der Waals surface area contributed by atoms with E-state index < -0.39 is 5.97 Å². The Morgan fingerprint density at radius 1 is 1.50 bits per heavy atom. The van der Waals surface area contributed by atoms with Gasteiger partial charge in [-0.1, -0.05) is 12.8 Å². The van der Waals surface area contributed by atoms with Gasteiger partial charge in [-0.05, 0) is 25.3 Å². The van der Waals surface area contributed by atoms with Gasteiger partial charge in [0, 0.05) is 24.3 Å². The van der Waals surface area contributed by atoms with Gasteiger partial charge in [-0.2, -0.15) is 0 Å². The number of carbonyl (C=O) groups is 1. The topological polar surface area (TPSA) is 66.6 Å². The fourth-order valence-electron chi connectivity index (χ4n) is 3.02. The number of rotatable bonds is 5. The highest BCUT2D eigenvalue weighted by atomic mass is 32.1. The fraction of sp³-hybridized carbons (Fsp3) is 0.571. The van der Waals surface area contributed by atoms with Gasteiger partial charge in [-0.15, -0.1) is 11.3 Å². The number of aliphatic carboxylic acids is 1. The van der Waals surface area contributed by atoms with Crippen LogP contribution in [0.2, 0.25) is 0 Å². The van der Waals surface area contributed by atoms with E-state index in [1.54, 1.807) is 11.3 Å². The molecule has 2 N–H and O–H groups in total. The molecule has 0 amide bonds. The van der Waals surface area contributed by atoms with E-state index in [4.69, 9.17) is 0 Å². The molecule has 2 heterocycles. The number of hydrogen-bond acceptors (Lipinski definition) is 4. The second kappa shape index (κ2) is 5.93. The molecule has 0 spiro atoms. The van der Waals surface area contributed by atoms with Gasteiger partial charge in [0.1, 0.15) is 0 Å². The summed E-state index contributed by atoms with van der Waals surface area (Å²) < 4.78 is 2.02. The number of carboxylic acids is 1. The summed E-state index contributed by atoms with van der Waals surface area (Å²) in [4.78, 5) is 16.8. The SMILES string of the molecule is O=C(O)C1CCCCC1CNCc1cn2ccsc2n1. The molecular weight excluding hydrogens is 274 g/mol. The van der Waals surface area contributed by atoms with Crippen LogP contribution in [0.3, 0.4) is 0 Å². The Kier molecular flexibility index (Phi) is 4.03. The number of imidazole rings is 1. The monoisotopic (exact) mass is 293 g/mol. The summed E-state index contributed by atoms with van der Waals surface area (Å²) >= 11 is 1.62. The highest BCUT2D eigenvalue weighted by molar-refractivity contribution is 7.15. The number of thiazole rings is 1. The molecule has 0 saturated heterocycles. The molecular formula is C14H19N3O2S. The van der Waals surface area contributed by atoms with E-state index in [2.05, 4.69) is 10.3 Å². The maximum Gasteiger partial charge on any atom is 0.306 e. The first-order chi connectivity index (χ1) is 9.74. The highest BCUT2D eigenvalue weighted by Gasteiger charge is 2.30. The van der Waals surface area contributed by atoms with Crippen LogP contribution in [-0.2, 0) is 11.3 Å². The molecule has 6 heteroatoms. The molecule has 0 radical (unpaired) electrons. The van der Waals surface area contributed by atoms with Crippen molar-refractivity contribution in [1.82, 2.24) is 14.7 Å². The summed E-state index contributed by atoms with van der Waals surface area (Å²) in [5, 5.41) is 14.6. The summed E-state index contributed by atoms with van der Waals surface area (Å²) in [6.45, 7) is 1.47. The van der Waals surface area contributed by atoms with Crippen LogP contribution in [0.15, 0.2) is 17.8 Å². The Balaban J connectivity index is 1.53. The van der Waals surface area contributed by atoms with Gasteiger partial charge in [0.15, 0.2) is 4.96 Å². The third-order valence-electron chi connectivity index (χ3n) is 4.08. The van der Waals surface area contributed by atoms with Crippen molar-refractivity contribution in [3.63, 3.8) is 0 Å². The second-order valence-electron chi connectivity index (χ2n) is 5.45. The van der Waals surface area contributed by atoms with E-state index in [1.165, 1.54) is 0 Å². The second-order valence-corrected chi connectivity index (χ2v) is 6.32. The molecule has 0 bridgehead atoms. The van der Waals surface area contributed by atoms with Crippen molar-refractivity contribution >= 4 is 22.3 Å². The molecule has 2 atom stereocenters. The first-order valence-electron chi connectivity index (χ1n) is 7.08. The molecule has 108 valence electrons. The van der Waals surface area contributed by atoms with E-state index in [0.29, 0.717) is 6.54 Å². The van der Waals surface area contributed by atoms with Crippen LogP contribution in [0.5, 0.6) is 0 Å². The van der Waals surface area contributed by atoms with Crippen molar-refractivity contribution in [3.05, 3.63) is 23.5 Å². The van der Waals surface area contributed by atoms with Gasteiger partial charge >= 0.3 is 5.97 Å². The minimum Gasteiger partial charge on any atom is -0.481 e. The van der Waals surface area contributed by atoms with E-state index in [-0.39, 0.29) is 11.8 Å². The zero-order valence-corrected chi connectivity index (χ0v) is 12.1. The first kappa shape index (κ1) is 13.6. The van der Waals surface area contributed by atoms with Gasteiger partial charge in [-0.3, -0.25) is 9.20 Å². The van der Waals surface area contributed by atoms with E-state index in [9.17, 15) is 9.90 Å². The highest BCUT2D eigenvalue weighted by Crippen LogP contribution is 2.29. The molecule has 0 aliphatic heterocycles. The Morgan fingerprint density at radius 3 is 3.15 bits per heavy atom. The lowest BCUT2D eigenvalue weighted by molar-refractivity contribution is -0.144. The quantitative estimate of drug-likeness (QED) is 0.888. The summed E-state index contributed by atoms with van der Waals surface area (Å²) in [6.07, 6.45) is 8.05. The van der Waals surface area contributed by atoms with Crippen molar-refractivity contribution in [2.75, 3.05) is 6.54 Å². The summed E-state index contributed by atoms with van der Waals surface area (Å²) in [5.41, 5.74) is 1.01. The zero-order valence-electron chi connectivity index (χ0n) is 11.3. The van der Waals surface area contributed by atoms with Gasteiger partial charge in [0.25, 0.3) is 0 Å². The lowest BCUT2D eigenvalue weighted by Crippen LogP contribution is -2.34. The average molecular weight is 293 g/mol. The van der Waals surface area contributed by atoms with Crippen molar-refractivity contribution in [2.45, 2.75) is 32.2 Å². The third-order valence-corrected chi connectivity index (χ3v) is 4.85. The van der Waals surface area contributed by atoms with Crippen molar-refractivity contribution in [3.8, 4) is 0 Å². The van der Waals surface area contributed by atoms with E-state index >= 15 is 0 Å². The van der Waals surface area contributed by atoms with Crippen LogP contribution in [0.1, 0.15) is 31.4 Å². The molecule has 5 nitrogen and oxygen atoms in total. The van der Waals surface area contributed by atoms with E-state index in [1.807, 2.05) is 22.2 Å². The molecule has 1 fully saturated rings. The largest absolute Gasteiger partial charge is 0.481 e. The molecule has 20 heavy (non-hydrogen) atoms. The number of fused-ring (bicyclic) bond motifs is 1. The molecule has 2 unspecified atom stereocenters. The minimum atomic E-state index is -0.640. The number of carboxylic acid groups (broad SMARTS) is 1. The first-order valence-corrected chi connectivity index (χ1v) is 7.96. The molecule has 0 aromatic carbocycles. The summed E-state index contributed by atoms with van der Waals surface area (Å²) in [7, 11) is 0. The average Bonchev–Trinajstić information content (AvgIpc) is 3.00. The summed E-state index contributed by atoms with van der Waals surface area (Å²) in [6, 6.07) is 0. The standard InChI is InChI=1S/C14H19N3O2S/c18-13(19)12-4-2-1-3-10(12)7-15-8-11-9-17-5-6-20-14(17)16-11/h5-6,9-10,12,15H,1-4,7-8H2,(H,18,19). The smallest absolute Gasteiger partial charge is 0.306 e. The number of hydrogen-bond donors (Lipinski definition) is 2. The molecule has 1 saturated carbocycles. The Labute approximate surface area is 121 Å². The molecule has 1 aliphatic rings. The Bertz CT molecular complexity index is 564. The maximum atomic E-state index is 11.2. The summed E-state index contributed by atoms with van der Waals surface area (Å²) in [5.74, 6) is -0.564. The van der Waals surface area contributed by atoms with Gasteiger partial charge in [0.2, 0.25) is 0 Å². The normalized spacial score (nSPS) is 23.2. The molecule has 3 rings (SSSR count). The zero-order chi connectivity index (χ0) is 13.9. The van der Waals surface area contributed by atoms with Crippen LogP contribution in [-0.4, -0.2) is 27.0 Å². The predicted molar refractivity (Wildman–Crippen MR) is 77.9 cm³/mol. The van der Waals surface area contributed by atoms with Crippen LogP contribution < -0.4 is 5.32 Å². The molecule has 1 aliphatic carbocycles. The fourth-order valence-corrected chi connectivity index (χ4v) is 3.74. The maximum absolute atomic E-state index is 11.2. The Morgan fingerprint density at radius 2 is 2.35 bits per heavy atom. The van der Waals surface area contributed by atoms with Crippen molar-refractivity contribution in [2.24, 2.45) is 11.8 Å². The van der Waals surface area contributed by atoms with Gasteiger partial charge < -0.3 is 10.4 Å². The Hall–Kier alpha value is -1.40. The van der Waals surface area contributed by atoms with Gasteiger partial charge in [0.05, 0.1) is 11.6 Å². The van der Waals surface area contributed by atoms with E-state index in [0.717, 1.165) is 42.9 Å². The molecule has 2 aromatic heterocycles. The lowest BCUT2D eigenvalue weighted by Gasteiger charge is -2.28. The number of nitrogens with one attached hydrogen (secondary N) is 1. The molecule has 2 aromatic rings. The third kappa shape index (κ3) is 2.86. The number of nitrogens with zero attached hydrogens (tertiary/aromatic N) is 2. The lowest BCUT2D eigenvalue weighted by atomic mass is 9.79. The van der Waals surface area contributed by atoms with Crippen molar-refractivity contribution in [1.29, 1.82) is 0 Å². The van der Waals surface area contributed by atoms with Crippen LogP contribution >= 0.6 is 11.3 Å². The van der Waals surface area contributed by atoms with Crippen molar-refractivity contribution < 1.29 is 9.90 Å². The van der Waals surface area contributed by atoms with Crippen LogP contribution in [0.4, 0.5) is 0 Å². The van der Waals surface area contributed by atoms with Crippen LogP contribution in [0, 0.1) is 11.8 Å².